The number of alkyl halides is 2. The summed E-state index contributed by atoms with van der Waals surface area (Å²) in [5.41, 5.74) is 6.08. The van der Waals surface area contributed by atoms with Gasteiger partial charge in [0, 0.05) is 10.4 Å². The molecular weight excluding hydrogens is 402 g/mol. The van der Waals surface area contributed by atoms with Crippen LogP contribution in [0.3, 0.4) is 0 Å². The van der Waals surface area contributed by atoms with Crippen LogP contribution in [0.25, 0.3) is 0 Å². The molecule has 0 fully saturated rings. The number of ether oxygens (including phenoxy) is 2. The molecule has 29 heavy (non-hydrogen) atoms. The van der Waals surface area contributed by atoms with E-state index in [4.69, 9.17) is 4.74 Å². The SMILES string of the molecule is COc1cc(C(=O)NNC(=O)c2cc3c(s2)CCCCCC3)ccc1OC(F)F. The van der Waals surface area contributed by atoms with Crippen LogP contribution in [0.15, 0.2) is 24.3 Å². The summed E-state index contributed by atoms with van der Waals surface area (Å²) in [6.07, 6.45) is 6.61. The number of amides is 2. The lowest BCUT2D eigenvalue weighted by molar-refractivity contribution is -0.0512. The van der Waals surface area contributed by atoms with Gasteiger partial charge in [-0.05, 0) is 55.5 Å². The first-order valence-electron chi connectivity index (χ1n) is 9.33. The molecule has 0 unspecified atom stereocenters. The number of nitrogens with one attached hydrogen (secondary N) is 2. The number of methoxy groups -OCH3 is 1. The highest BCUT2D eigenvalue weighted by Gasteiger charge is 2.18. The molecule has 1 aliphatic carbocycles. The number of thiophene rings is 1. The fourth-order valence-corrected chi connectivity index (χ4v) is 4.35. The molecule has 1 aliphatic rings. The lowest BCUT2D eigenvalue weighted by Gasteiger charge is -2.11. The van der Waals surface area contributed by atoms with Crippen LogP contribution in [-0.2, 0) is 12.8 Å². The number of benzene rings is 1. The van der Waals surface area contributed by atoms with Crippen molar-refractivity contribution in [1.82, 2.24) is 10.9 Å². The normalized spacial score (nSPS) is 13.8. The van der Waals surface area contributed by atoms with Crippen LogP contribution in [0.1, 0.15) is 56.2 Å². The molecule has 2 amide bonds. The quantitative estimate of drug-likeness (QED) is 0.709. The number of hydrogen-bond donors (Lipinski definition) is 2. The molecule has 0 aliphatic heterocycles. The van der Waals surface area contributed by atoms with Crippen LogP contribution in [0.2, 0.25) is 0 Å². The van der Waals surface area contributed by atoms with E-state index >= 15 is 0 Å². The molecule has 2 N–H and O–H groups in total. The zero-order valence-electron chi connectivity index (χ0n) is 15.9. The number of aryl methyl sites for hydroxylation is 2. The van der Waals surface area contributed by atoms with E-state index in [0.717, 1.165) is 25.7 Å². The van der Waals surface area contributed by atoms with Crippen molar-refractivity contribution in [3.05, 3.63) is 45.1 Å². The summed E-state index contributed by atoms with van der Waals surface area (Å²) in [5.74, 6) is -1.18. The van der Waals surface area contributed by atoms with Crippen LogP contribution >= 0.6 is 11.3 Å². The van der Waals surface area contributed by atoms with Gasteiger partial charge in [-0.3, -0.25) is 20.4 Å². The zero-order valence-corrected chi connectivity index (χ0v) is 16.7. The topological polar surface area (TPSA) is 76.7 Å². The minimum absolute atomic E-state index is 0.0117. The smallest absolute Gasteiger partial charge is 0.387 e. The molecular formula is C20H22F2N2O4S. The predicted molar refractivity (Wildman–Crippen MR) is 105 cm³/mol. The summed E-state index contributed by atoms with van der Waals surface area (Å²) < 4.78 is 34.1. The predicted octanol–water partition coefficient (Wildman–Crippen LogP) is 4.09. The Balaban J connectivity index is 1.63. The van der Waals surface area contributed by atoms with Gasteiger partial charge in [0.15, 0.2) is 11.5 Å². The Hall–Kier alpha value is -2.68. The Labute approximate surface area is 171 Å². The maximum Gasteiger partial charge on any atom is 0.387 e. The molecule has 3 rings (SSSR count). The molecule has 1 aromatic carbocycles. The van der Waals surface area contributed by atoms with E-state index in [-0.39, 0.29) is 23.0 Å². The summed E-state index contributed by atoms with van der Waals surface area (Å²) in [6.45, 7) is -3.01. The Morgan fingerprint density at radius 2 is 1.72 bits per heavy atom. The molecule has 1 aromatic heterocycles. The van der Waals surface area contributed by atoms with Crippen molar-refractivity contribution >= 4 is 23.2 Å². The van der Waals surface area contributed by atoms with Gasteiger partial charge < -0.3 is 9.47 Å². The third-order valence-corrected chi connectivity index (χ3v) is 5.89. The molecule has 0 saturated heterocycles. The van der Waals surface area contributed by atoms with E-state index in [1.54, 1.807) is 0 Å². The van der Waals surface area contributed by atoms with E-state index in [0.29, 0.717) is 4.88 Å². The maximum atomic E-state index is 12.4. The van der Waals surface area contributed by atoms with E-state index in [9.17, 15) is 18.4 Å². The highest BCUT2D eigenvalue weighted by molar-refractivity contribution is 7.14. The van der Waals surface area contributed by atoms with Gasteiger partial charge in [-0.25, -0.2) is 0 Å². The van der Waals surface area contributed by atoms with Crippen molar-refractivity contribution in [3.8, 4) is 11.5 Å². The second-order valence-electron chi connectivity index (χ2n) is 6.63. The second-order valence-corrected chi connectivity index (χ2v) is 7.76. The fraction of sp³-hybridized carbons (Fsp3) is 0.400. The van der Waals surface area contributed by atoms with Crippen molar-refractivity contribution in [2.75, 3.05) is 7.11 Å². The molecule has 2 aromatic rings. The van der Waals surface area contributed by atoms with Crippen molar-refractivity contribution < 1.29 is 27.8 Å². The van der Waals surface area contributed by atoms with E-state index < -0.39 is 12.5 Å². The Kier molecular flexibility index (Phi) is 7.03. The third kappa shape index (κ3) is 5.44. The molecule has 0 bridgehead atoms. The lowest BCUT2D eigenvalue weighted by Crippen LogP contribution is -2.41. The van der Waals surface area contributed by atoms with Crippen LogP contribution in [0, 0.1) is 0 Å². The number of halogens is 2. The number of fused-ring (bicyclic) bond motifs is 1. The van der Waals surface area contributed by atoms with Crippen LogP contribution in [0.4, 0.5) is 8.78 Å². The van der Waals surface area contributed by atoms with Crippen LogP contribution in [-0.4, -0.2) is 25.5 Å². The second kappa shape index (κ2) is 9.69. The summed E-state index contributed by atoms with van der Waals surface area (Å²) in [6, 6.07) is 5.67. The van der Waals surface area contributed by atoms with Gasteiger partial charge in [0.2, 0.25) is 0 Å². The van der Waals surface area contributed by atoms with E-state index in [1.165, 1.54) is 59.9 Å². The Morgan fingerprint density at radius 1 is 1.00 bits per heavy atom. The van der Waals surface area contributed by atoms with Crippen molar-refractivity contribution in [1.29, 1.82) is 0 Å². The van der Waals surface area contributed by atoms with Gasteiger partial charge in [-0.1, -0.05) is 12.8 Å². The molecule has 6 nitrogen and oxygen atoms in total. The van der Waals surface area contributed by atoms with Crippen molar-refractivity contribution in [3.63, 3.8) is 0 Å². The molecule has 1 heterocycles. The van der Waals surface area contributed by atoms with Gasteiger partial charge in [0.25, 0.3) is 11.8 Å². The van der Waals surface area contributed by atoms with Gasteiger partial charge in [-0.2, -0.15) is 8.78 Å². The van der Waals surface area contributed by atoms with E-state index in [1.807, 2.05) is 6.07 Å². The van der Waals surface area contributed by atoms with Gasteiger partial charge in [0.05, 0.1) is 12.0 Å². The molecule has 0 spiro atoms. The summed E-state index contributed by atoms with van der Waals surface area (Å²) in [5, 5.41) is 0. The maximum absolute atomic E-state index is 12.4. The van der Waals surface area contributed by atoms with Crippen LogP contribution in [0.5, 0.6) is 11.5 Å². The number of carbonyl (C=O) groups is 2. The number of hydrazine groups is 1. The van der Waals surface area contributed by atoms with Gasteiger partial charge in [0.1, 0.15) is 0 Å². The standard InChI is InChI=1S/C20H22F2N2O4S/c1-27-15-10-13(8-9-14(15)28-20(21)22)18(25)23-24-19(26)17-11-12-6-4-2-3-5-7-16(12)29-17/h8-11,20H,2-7H2,1H3,(H,23,25)(H,24,26). The monoisotopic (exact) mass is 424 g/mol. The van der Waals surface area contributed by atoms with Gasteiger partial charge in [-0.15, -0.1) is 11.3 Å². The molecule has 0 atom stereocenters. The summed E-state index contributed by atoms with van der Waals surface area (Å²) >= 11 is 1.46. The number of hydrogen-bond acceptors (Lipinski definition) is 5. The largest absolute Gasteiger partial charge is 0.493 e. The third-order valence-electron chi connectivity index (χ3n) is 4.65. The fourth-order valence-electron chi connectivity index (χ4n) is 3.21. The molecule has 0 radical (unpaired) electrons. The average Bonchev–Trinajstić information content (AvgIpc) is 3.07. The van der Waals surface area contributed by atoms with Crippen molar-refractivity contribution in [2.45, 2.75) is 45.1 Å². The number of rotatable bonds is 5. The summed E-state index contributed by atoms with van der Waals surface area (Å²) in [4.78, 5) is 26.5. The van der Waals surface area contributed by atoms with Crippen LogP contribution < -0.4 is 20.3 Å². The zero-order chi connectivity index (χ0) is 20.8. The minimum Gasteiger partial charge on any atom is -0.493 e. The van der Waals surface area contributed by atoms with Gasteiger partial charge >= 0.3 is 6.61 Å². The highest BCUT2D eigenvalue weighted by Crippen LogP contribution is 2.30. The first-order valence-corrected chi connectivity index (χ1v) is 10.1. The summed E-state index contributed by atoms with van der Waals surface area (Å²) in [7, 11) is 1.28. The average molecular weight is 424 g/mol. The Morgan fingerprint density at radius 3 is 2.45 bits per heavy atom. The first kappa shape index (κ1) is 21.0. The highest BCUT2D eigenvalue weighted by atomic mass is 32.1. The van der Waals surface area contributed by atoms with Crippen molar-refractivity contribution in [2.24, 2.45) is 0 Å². The minimum atomic E-state index is -3.01. The molecule has 0 saturated carbocycles. The Bertz CT molecular complexity index is 860. The first-order chi connectivity index (χ1) is 14.0. The lowest BCUT2D eigenvalue weighted by atomic mass is 10.00. The molecule has 156 valence electrons. The molecule has 9 heteroatoms. The number of carbonyl (C=O) groups excluding carboxylic acids is 2. The van der Waals surface area contributed by atoms with E-state index in [2.05, 4.69) is 15.6 Å².